The van der Waals surface area contributed by atoms with Crippen molar-refractivity contribution in [2.24, 2.45) is 11.8 Å². The van der Waals surface area contributed by atoms with Gasteiger partial charge in [0.2, 0.25) is 0 Å². The SMILES string of the molecule is CCCCC(CC)[CH2][Sn](=[O])[CH2]C(CC)CCCC. The standard InChI is InChI=1S/2C8H17.O.Sn/c2*1-4-6-7-8(3)5-2;;/h2*8H,3-7H2,1-2H3;;. The van der Waals surface area contributed by atoms with Gasteiger partial charge < -0.3 is 0 Å². The number of unbranched alkanes of at least 4 members (excludes halogenated alkanes) is 2. The first-order chi connectivity index (χ1) is 8.67. The summed E-state index contributed by atoms with van der Waals surface area (Å²) in [4.78, 5) is 0. The van der Waals surface area contributed by atoms with Gasteiger partial charge in [0.15, 0.2) is 0 Å². The summed E-state index contributed by atoms with van der Waals surface area (Å²) >= 11 is -2.26. The molecule has 2 unspecified atom stereocenters. The number of hydrogen-bond acceptors (Lipinski definition) is 1. The van der Waals surface area contributed by atoms with Gasteiger partial charge in [0.1, 0.15) is 0 Å². The molecule has 0 saturated carbocycles. The summed E-state index contributed by atoms with van der Waals surface area (Å²) in [6.07, 6.45) is 10.3. The molecule has 0 spiro atoms. The fourth-order valence-corrected chi connectivity index (χ4v) is 9.58. The molecular weight excluding hydrogens is 327 g/mol. The van der Waals surface area contributed by atoms with E-state index in [2.05, 4.69) is 27.7 Å². The van der Waals surface area contributed by atoms with E-state index >= 15 is 0 Å². The molecule has 0 rings (SSSR count). The van der Waals surface area contributed by atoms with E-state index in [9.17, 15) is 3.08 Å². The van der Waals surface area contributed by atoms with Crippen molar-refractivity contribution in [3.8, 4) is 0 Å². The molecule has 0 saturated heterocycles. The summed E-state index contributed by atoms with van der Waals surface area (Å²) in [7, 11) is 0. The molecule has 0 aromatic heterocycles. The van der Waals surface area contributed by atoms with Gasteiger partial charge in [-0.05, 0) is 0 Å². The zero-order valence-electron chi connectivity index (χ0n) is 13.1. The van der Waals surface area contributed by atoms with E-state index in [1.807, 2.05) is 0 Å². The molecule has 0 aliphatic carbocycles. The Balaban J connectivity index is 3.96. The second-order valence-electron chi connectivity index (χ2n) is 5.78. The van der Waals surface area contributed by atoms with E-state index in [1.54, 1.807) is 0 Å². The average molecular weight is 361 g/mol. The van der Waals surface area contributed by atoms with E-state index in [1.165, 1.54) is 51.4 Å². The Kier molecular flexibility index (Phi) is 13.0. The fourth-order valence-electron chi connectivity index (χ4n) is 2.61. The Bertz CT molecular complexity index is 183. The molecule has 0 radical (unpaired) electrons. The van der Waals surface area contributed by atoms with E-state index in [0.717, 1.165) is 20.7 Å². The normalized spacial score (nSPS) is 14.4. The third-order valence-corrected chi connectivity index (χ3v) is 10.0. The predicted octanol–water partition coefficient (Wildman–Crippen LogP) is 5.84. The van der Waals surface area contributed by atoms with Crippen molar-refractivity contribution in [2.45, 2.75) is 87.9 Å². The Hall–Kier alpha value is 0.599. The van der Waals surface area contributed by atoms with Gasteiger partial charge in [0, 0.05) is 0 Å². The molecule has 2 heteroatoms. The summed E-state index contributed by atoms with van der Waals surface area (Å²) in [5, 5.41) is 0. The van der Waals surface area contributed by atoms with Crippen LogP contribution in [0, 0.1) is 11.8 Å². The Labute approximate surface area is 122 Å². The Morgan fingerprint density at radius 2 is 1.17 bits per heavy atom. The summed E-state index contributed by atoms with van der Waals surface area (Å²) in [6.45, 7) is 9.04. The molecule has 0 amide bonds. The fraction of sp³-hybridized carbons (Fsp3) is 1.00. The van der Waals surface area contributed by atoms with E-state index < -0.39 is 19.7 Å². The Morgan fingerprint density at radius 3 is 1.44 bits per heavy atom. The van der Waals surface area contributed by atoms with Gasteiger partial charge in [-0.3, -0.25) is 0 Å². The molecule has 0 aromatic carbocycles. The van der Waals surface area contributed by atoms with Crippen LogP contribution in [0.1, 0.15) is 79.1 Å². The molecule has 18 heavy (non-hydrogen) atoms. The van der Waals surface area contributed by atoms with Crippen LogP contribution in [-0.4, -0.2) is 19.7 Å². The van der Waals surface area contributed by atoms with Gasteiger partial charge in [-0.1, -0.05) is 0 Å². The maximum absolute atomic E-state index is 12.4. The molecule has 1 nitrogen and oxygen atoms in total. The van der Waals surface area contributed by atoms with Crippen LogP contribution < -0.4 is 0 Å². The van der Waals surface area contributed by atoms with Crippen LogP contribution in [0.2, 0.25) is 8.87 Å². The molecule has 0 aromatic rings. The van der Waals surface area contributed by atoms with Crippen LogP contribution in [-0.2, 0) is 3.08 Å². The Morgan fingerprint density at radius 1 is 0.778 bits per heavy atom. The van der Waals surface area contributed by atoms with E-state index in [-0.39, 0.29) is 0 Å². The van der Waals surface area contributed by atoms with Gasteiger partial charge >= 0.3 is 123 Å². The van der Waals surface area contributed by atoms with Gasteiger partial charge in [-0.25, -0.2) is 0 Å². The van der Waals surface area contributed by atoms with Gasteiger partial charge in [0.05, 0.1) is 0 Å². The minimum absolute atomic E-state index is 0.764. The second kappa shape index (κ2) is 12.6. The van der Waals surface area contributed by atoms with Gasteiger partial charge in [0.25, 0.3) is 0 Å². The van der Waals surface area contributed by atoms with Crippen molar-refractivity contribution >= 4 is 19.7 Å². The average Bonchev–Trinajstić information content (AvgIpc) is 2.39. The van der Waals surface area contributed by atoms with Crippen LogP contribution in [0.3, 0.4) is 0 Å². The van der Waals surface area contributed by atoms with Crippen LogP contribution in [0.4, 0.5) is 0 Å². The summed E-state index contributed by atoms with van der Waals surface area (Å²) in [5.41, 5.74) is 0. The zero-order valence-corrected chi connectivity index (χ0v) is 16.0. The molecule has 0 aliphatic rings. The molecule has 0 heterocycles. The first-order valence-corrected chi connectivity index (χ1v) is 13.4. The molecule has 108 valence electrons. The van der Waals surface area contributed by atoms with Crippen molar-refractivity contribution in [1.82, 2.24) is 0 Å². The van der Waals surface area contributed by atoms with Crippen LogP contribution in [0.25, 0.3) is 0 Å². The van der Waals surface area contributed by atoms with Crippen molar-refractivity contribution in [1.29, 1.82) is 0 Å². The summed E-state index contributed by atoms with van der Waals surface area (Å²) < 4.78 is 14.6. The van der Waals surface area contributed by atoms with Crippen LogP contribution in [0.15, 0.2) is 0 Å². The van der Waals surface area contributed by atoms with Crippen molar-refractivity contribution in [2.75, 3.05) is 0 Å². The quantitative estimate of drug-likeness (QED) is 0.399. The van der Waals surface area contributed by atoms with Crippen molar-refractivity contribution in [3.63, 3.8) is 0 Å². The van der Waals surface area contributed by atoms with Gasteiger partial charge in [-0.15, -0.1) is 0 Å². The summed E-state index contributed by atoms with van der Waals surface area (Å²) in [5.74, 6) is 1.53. The van der Waals surface area contributed by atoms with Crippen LogP contribution >= 0.6 is 0 Å². The molecule has 2 atom stereocenters. The van der Waals surface area contributed by atoms with E-state index in [4.69, 9.17) is 0 Å². The van der Waals surface area contributed by atoms with Crippen LogP contribution in [0.5, 0.6) is 0 Å². The maximum atomic E-state index is 12.4. The first kappa shape index (κ1) is 18.6. The third-order valence-electron chi connectivity index (χ3n) is 4.12. The number of hydrogen-bond donors (Lipinski definition) is 0. The molecular formula is C16H34OSn. The van der Waals surface area contributed by atoms with Gasteiger partial charge in [-0.2, -0.15) is 0 Å². The topological polar surface area (TPSA) is 17.1 Å². The number of rotatable bonds is 12. The van der Waals surface area contributed by atoms with Crippen molar-refractivity contribution in [3.05, 3.63) is 0 Å². The third kappa shape index (κ3) is 9.52. The minimum atomic E-state index is -2.26. The molecule has 0 aliphatic heterocycles. The zero-order chi connectivity index (χ0) is 13.8. The van der Waals surface area contributed by atoms with Crippen molar-refractivity contribution < 1.29 is 3.08 Å². The summed E-state index contributed by atoms with van der Waals surface area (Å²) in [6, 6.07) is 0. The monoisotopic (exact) mass is 362 g/mol. The molecule has 0 N–H and O–H groups in total. The predicted molar refractivity (Wildman–Crippen MR) is 82.7 cm³/mol. The van der Waals surface area contributed by atoms with E-state index in [0.29, 0.717) is 0 Å². The second-order valence-corrected chi connectivity index (χ2v) is 11.2. The molecule has 0 fully saturated rings. The first-order valence-electron chi connectivity index (χ1n) is 8.19. The molecule has 0 bridgehead atoms.